The summed E-state index contributed by atoms with van der Waals surface area (Å²) >= 11 is 0. The first-order chi connectivity index (χ1) is 14.9. The van der Waals surface area contributed by atoms with Gasteiger partial charge in [-0.05, 0) is 62.7 Å². The smallest absolute Gasteiger partial charge is 0.193 e. The van der Waals surface area contributed by atoms with Crippen LogP contribution in [-0.4, -0.2) is 60.2 Å². The topological polar surface area (TPSA) is 82.1 Å². The minimum Gasteiger partial charge on any atom is -0.393 e. The molecular formula is C25H33FO6. The average molecular weight is 449 g/mol. The van der Waals surface area contributed by atoms with E-state index in [1.54, 1.807) is 19.9 Å². The molecule has 5 rings (SSSR count). The van der Waals surface area contributed by atoms with Crippen molar-refractivity contribution in [3.8, 4) is 0 Å². The van der Waals surface area contributed by atoms with E-state index in [1.807, 2.05) is 13.8 Å². The number of Topliss-reactive ketones (excluding diaryl/α,β-unsaturated/α-hetero) is 1. The fourth-order valence-electron chi connectivity index (χ4n) is 8.17. The van der Waals surface area contributed by atoms with Crippen LogP contribution in [0.1, 0.15) is 47.0 Å². The van der Waals surface area contributed by atoms with E-state index < -0.39 is 40.6 Å². The van der Waals surface area contributed by atoms with Gasteiger partial charge in [-0.2, -0.15) is 0 Å². The number of allylic oxidation sites excluding steroid dienone is 4. The number of carbonyl (C=O) groups is 2. The second-order valence-electron chi connectivity index (χ2n) is 11.2. The number of hydrogen-bond donors (Lipinski definition) is 1. The molecule has 0 amide bonds. The van der Waals surface area contributed by atoms with Gasteiger partial charge in [0.1, 0.15) is 12.8 Å². The number of hydrogen-bond acceptors (Lipinski definition) is 6. The summed E-state index contributed by atoms with van der Waals surface area (Å²) in [4.78, 5) is 25.5. The Bertz CT molecular complexity index is 925. The average Bonchev–Trinajstić information content (AvgIpc) is 3.09. The van der Waals surface area contributed by atoms with Crippen molar-refractivity contribution in [3.05, 3.63) is 23.8 Å². The quantitative estimate of drug-likeness (QED) is 0.715. The molecule has 0 bridgehead atoms. The first-order valence-corrected chi connectivity index (χ1v) is 11.6. The van der Waals surface area contributed by atoms with E-state index in [4.69, 9.17) is 14.2 Å². The molecule has 0 aromatic rings. The number of ketones is 2. The fraction of sp³-hybridized carbons (Fsp3) is 0.760. The molecule has 7 heteroatoms. The molecule has 6 nitrogen and oxygen atoms in total. The predicted molar refractivity (Wildman–Crippen MR) is 113 cm³/mol. The maximum Gasteiger partial charge on any atom is 0.193 e. The second kappa shape index (κ2) is 6.81. The van der Waals surface area contributed by atoms with Crippen molar-refractivity contribution in [2.24, 2.45) is 28.6 Å². The Morgan fingerprint density at radius 2 is 2.00 bits per heavy atom. The molecule has 32 heavy (non-hydrogen) atoms. The van der Waals surface area contributed by atoms with E-state index in [0.717, 1.165) is 0 Å². The van der Waals surface area contributed by atoms with Gasteiger partial charge in [-0.15, -0.1) is 0 Å². The lowest BCUT2D eigenvalue weighted by molar-refractivity contribution is -0.226. The summed E-state index contributed by atoms with van der Waals surface area (Å²) in [7, 11) is 1.48. The summed E-state index contributed by atoms with van der Waals surface area (Å²) in [6.45, 7) is 7.41. The zero-order valence-corrected chi connectivity index (χ0v) is 19.4. The van der Waals surface area contributed by atoms with E-state index in [2.05, 4.69) is 0 Å². The molecule has 5 aliphatic rings. The minimum absolute atomic E-state index is 0.0690. The highest BCUT2D eigenvalue weighted by molar-refractivity contribution is 6.01. The molecule has 1 N–H and O–H groups in total. The van der Waals surface area contributed by atoms with Gasteiger partial charge in [-0.25, -0.2) is 4.39 Å². The Morgan fingerprint density at radius 3 is 2.69 bits per heavy atom. The lowest BCUT2D eigenvalue weighted by Gasteiger charge is -2.60. The Hall–Kier alpha value is -1.41. The summed E-state index contributed by atoms with van der Waals surface area (Å²) in [5.41, 5.74) is -2.25. The van der Waals surface area contributed by atoms with Gasteiger partial charge in [0, 0.05) is 23.9 Å². The van der Waals surface area contributed by atoms with Crippen LogP contribution < -0.4 is 0 Å². The van der Waals surface area contributed by atoms with Crippen molar-refractivity contribution in [2.75, 3.05) is 13.7 Å². The number of methoxy groups -OCH3 is 1. The maximum absolute atomic E-state index is 15.5. The van der Waals surface area contributed by atoms with Crippen LogP contribution in [0.5, 0.6) is 0 Å². The Kier molecular flexibility index (Phi) is 4.76. The van der Waals surface area contributed by atoms with Crippen LogP contribution in [0, 0.1) is 28.6 Å². The normalized spacial score (nSPS) is 50.8. The van der Waals surface area contributed by atoms with Gasteiger partial charge in [0.15, 0.2) is 23.0 Å². The van der Waals surface area contributed by atoms with Crippen LogP contribution in [0.3, 0.4) is 0 Å². The molecule has 1 saturated heterocycles. The third-order valence-electron chi connectivity index (χ3n) is 9.16. The molecule has 0 aromatic heterocycles. The van der Waals surface area contributed by atoms with Gasteiger partial charge in [-0.1, -0.05) is 19.9 Å². The fourth-order valence-corrected chi connectivity index (χ4v) is 8.17. The minimum atomic E-state index is -1.27. The summed E-state index contributed by atoms with van der Waals surface area (Å²) in [6, 6.07) is 0. The van der Waals surface area contributed by atoms with Crippen LogP contribution in [0.25, 0.3) is 0 Å². The number of rotatable bonds is 3. The molecule has 3 saturated carbocycles. The van der Waals surface area contributed by atoms with Gasteiger partial charge < -0.3 is 19.3 Å². The largest absolute Gasteiger partial charge is 0.393 e. The van der Waals surface area contributed by atoms with Crippen molar-refractivity contribution in [1.82, 2.24) is 0 Å². The molecule has 4 fully saturated rings. The Labute approximate surface area is 188 Å². The molecule has 1 aliphatic heterocycles. The van der Waals surface area contributed by atoms with Crippen LogP contribution in [0.2, 0.25) is 0 Å². The standard InChI is InChI=1S/C25H33FO6/c1-22(2)31-20-10-15-14-9-17(26)16-8-13(27)6-7-23(16,3)21(14)18(28)11-24(15,4)25(20,32-22)19(29)12-30-5/h6-8,14-15,17-18,20-21,28H,9-12H2,1-5H3/t14?,15?,17-,18-,20+,21?,23-,24-,25+/m0/s1. The van der Waals surface area contributed by atoms with Gasteiger partial charge in [0.05, 0.1) is 12.2 Å². The Balaban J connectivity index is 1.61. The van der Waals surface area contributed by atoms with Crippen LogP contribution >= 0.6 is 0 Å². The zero-order valence-electron chi connectivity index (χ0n) is 19.4. The zero-order chi connectivity index (χ0) is 23.3. The number of halogens is 1. The first-order valence-electron chi connectivity index (χ1n) is 11.6. The third kappa shape index (κ3) is 2.65. The maximum atomic E-state index is 15.5. The molecule has 1 heterocycles. The van der Waals surface area contributed by atoms with Gasteiger partial charge in [0.25, 0.3) is 0 Å². The lowest BCUT2D eigenvalue weighted by Crippen LogP contribution is -2.64. The van der Waals surface area contributed by atoms with Crippen molar-refractivity contribution in [3.63, 3.8) is 0 Å². The lowest BCUT2D eigenvalue weighted by atomic mass is 9.46. The molecule has 176 valence electrons. The van der Waals surface area contributed by atoms with Gasteiger partial charge in [-0.3, -0.25) is 9.59 Å². The van der Waals surface area contributed by atoms with Gasteiger partial charge in [0.2, 0.25) is 0 Å². The number of aliphatic hydroxyl groups is 1. The van der Waals surface area contributed by atoms with Crippen molar-refractivity contribution in [1.29, 1.82) is 0 Å². The van der Waals surface area contributed by atoms with Gasteiger partial charge >= 0.3 is 0 Å². The molecule has 9 atom stereocenters. The highest BCUT2D eigenvalue weighted by atomic mass is 19.1. The third-order valence-corrected chi connectivity index (χ3v) is 9.16. The summed E-state index contributed by atoms with van der Waals surface area (Å²) in [5.74, 6) is -1.82. The number of aliphatic hydroxyl groups excluding tert-OH is 1. The monoisotopic (exact) mass is 448 g/mol. The second-order valence-corrected chi connectivity index (χ2v) is 11.2. The highest BCUT2D eigenvalue weighted by Gasteiger charge is 2.77. The molecule has 0 aromatic carbocycles. The first kappa shape index (κ1) is 22.4. The van der Waals surface area contributed by atoms with Crippen LogP contribution in [0.15, 0.2) is 23.8 Å². The van der Waals surface area contributed by atoms with E-state index in [0.29, 0.717) is 18.4 Å². The summed E-state index contributed by atoms with van der Waals surface area (Å²) in [6.07, 6.45) is 3.26. The van der Waals surface area contributed by atoms with Crippen molar-refractivity contribution >= 4 is 11.6 Å². The summed E-state index contributed by atoms with van der Waals surface area (Å²) in [5, 5.41) is 11.5. The highest BCUT2D eigenvalue weighted by Crippen LogP contribution is 2.70. The van der Waals surface area contributed by atoms with E-state index >= 15 is 4.39 Å². The van der Waals surface area contributed by atoms with Crippen molar-refractivity contribution < 1.29 is 33.3 Å². The van der Waals surface area contributed by atoms with E-state index in [9.17, 15) is 14.7 Å². The SMILES string of the molecule is COCC(=O)[C@@]12OC(C)(C)O[C@@H]1CC1C3C[C@H](F)C4=CC(=O)C=C[C@]4(C)C3[C@@H](O)C[C@@]12C. The van der Waals surface area contributed by atoms with Crippen LogP contribution in [-0.2, 0) is 23.8 Å². The number of ether oxygens (including phenoxy) is 3. The van der Waals surface area contributed by atoms with Crippen LogP contribution in [0.4, 0.5) is 4.39 Å². The molecule has 0 radical (unpaired) electrons. The van der Waals surface area contributed by atoms with E-state index in [-0.39, 0.29) is 42.3 Å². The number of alkyl halides is 1. The Morgan fingerprint density at radius 1 is 1.28 bits per heavy atom. The summed E-state index contributed by atoms with van der Waals surface area (Å²) < 4.78 is 33.4. The van der Waals surface area contributed by atoms with E-state index in [1.165, 1.54) is 19.3 Å². The molecule has 0 spiro atoms. The number of fused-ring (bicyclic) bond motifs is 7. The number of carbonyl (C=O) groups excluding carboxylic acids is 2. The van der Waals surface area contributed by atoms with Crippen molar-refractivity contribution in [2.45, 2.75) is 76.7 Å². The molecular weight excluding hydrogens is 415 g/mol. The molecule has 3 unspecified atom stereocenters. The molecule has 4 aliphatic carbocycles. The predicted octanol–water partition coefficient (Wildman–Crippen LogP) is 2.93.